The molecule has 98 valence electrons. The lowest BCUT2D eigenvalue weighted by atomic mass is 10.1. The van der Waals surface area contributed by atoms with Crippen LogP contribution in [0.4, 0.5) is 0 Å². The normalized spacial score (nSPS) is 13.8. The Morgan fingerprint density at radius 2 is 2.33 bits per heavy atom. The van der Waals surface area contributed by atoms with Gasteiger partial charge in [-0.1, -0.05) is 11.2 Å². The zero-order valence-corrected chi connectivity index (χ0v) is 11.5. The van der Waals surface area contributed by atoms with Crippen LogP contribution in [0, 0.1) is 0 Å². The number of rotatable bonds is 5. The van der Waals surface area contributed by atoms with Gasteiger partial charge in [-0.05, 0) is 32.2 Å². The van der Waals surface area contributed by atoms with Crippen LogP contribution in [0.1, 0.15) is 43.4 Å². The van der Waals surface area contributed by atoms with Crippen molar-refractivity contribution < 1.29 is 9.26 Å². The number of nitrogens with two attached hydrogens (primary N) is 1. The highest BCUT2D eigenvalue weighted by molar-refractivity contribution is 7.10. The SMILES string of the molecule is CCOC(C)(C)c1noc(C(N)c2cccs2)n1. The molecular weight excluding hydrogens is 250 g/mol. The highest BCUT2D eigenvalue weighted by atomic mass is 32.1. The van der Waals surface area contributed by atoms with Gasteiger partial charge in [-0.3, -0.25) is 0 Å². The summed E-state index contributed by atoms with van der Waals surface area (Å²) in [6, 6.07) is 3.53. The minimum Gasteiger partial charge on any atom is -0.368 e. The third-order valence-corrected chi connectivity index (χ3v) is 3.56. The molecule has 0 amide bonds. The third-order valence-electron chi connectivity index (χ3n) is 2.60. The van der Waals surface area contributed by atoms with E-state index >= 15 is 0 Å². The molecule has 2 rings (SSSR count). The summed E-state index contributed by atoms with van der Waals surface area (Å²) in [7, 11) is 0. The minimum absolute atomic E-state index is 0.372. The van der Waals surface area contributed by atoms with E-state index in [1.165, 1.54) is 0 Å². The van der Waals surface area contributed by atoms with E-state index in [1.807, 2.05) is 38.3 Å². The fourth-order valence-corrected chi connectivity index (χ4v) is 2.34. The smallest absolute Gasteiger partial charge is 0.249 e. The second-order valence-electron chi connectivity index (χ2n) is 4.39. The van der Waals surface area contributed by atoms with Gasteiger partial charge in [-0.25, -0.2) is 0 Å². The highest BCUT2D eigenvalue weighted by Gasteiger charge is 2.28. The molecule has 2 aromatic heterocycles. The van der Waals surface area contributed by atoms with Gasteiger partial charge in [0.15, 0.2) is 0 Å². The van der Waals surface area contributed by atoms with E-state index in [4.69, 9.17) is 15.0 Å². The lowest BCUT2D eigenvalue weighted by Gasteiger charge is -2.19. The Morgan fingerprint density at radius 1 is 1.56 bits per heavy atom. The predicted octanol–water partition coefficient (Wildman–Crippen LogP) is 2.45. The highest BCUT2D eigenvalue weighted by Crippen LogP contribution is 2.26. The topological polar surface area (TPSA) is 74.2 Å². The summed E-state index contributed by atoms with van der Waals surface area (Å²) in [5.41, 5.74) is 5.50. The fraction of sp³-hybridized carbons (Fsp3) is 0.500. The van der Waals surface area contributed by atoms with E-state index in [0.29, 0.717) is 18.3 Å². The van der Waals surface area contributed by atoms with Gasteiger partial charge in [0.25, 0.3) is 0 Å². The van der Waals surface area contributed by atoms with Crippen LogP contribution in [0.2, 0.25) is 0 Å². The van der Waals surface area contributed by atoms with Gasteiger partial charge in [0.2, 0.25) is 11.7 Å². The maximum atomic E-state index is 6.06. The number of aromatic nitrogens is 2. The Kier molecular flexibility index (Phi) is 3.79. The molecular formula is C12H17N3O2S. The Labute approximate surface area is 110 Å². The Hall–Kier alpha value is -1.24. The van der Waals surface area contributed by atoms with Gasteiger partial charge in [-0.2, -0.15) is 4.98 Å². The summed E-state index contributed by atoms with van der Waals surface area (Å²) in [6.07, 6.45) is 0. The van der Waals surface area contributed by atoms with Crippen LogP contribution in [0.25, 0.3) is 0 Å². The van der Waals surface area contributed by atoms with Crippen molar-refractivity contribution in [2.45, 2.75) is 32.4 Å². The Bertz CT molecular complexity index is 493. The molecule has 2 heterocycles. The predicted molar refractivity (Wildman–Crippen MR) is 69.3 cm³/mol. The molecule has 0 aliphatic carbocycles. The van der Waals surface area contributed by atoms with Crippen LogP contribution in [-0.2, 0) is 10.3 Å². The summed E-state index contributed by atoms with van der Waals surface area (Å²) >= 11 is 1.57. The van der Waals surface area contributed by atoms with E-state index in [0.717, 1.165) is 4.88 Å². The molecule has 0 aromatic carbocycles. The number of thiophene rings is 1. The molecule has 0 saturated heterocycles. The first-order chi connectivity index (χ1) is 8.54. The van der Waals surface area contributed by atoms with E-state index < -0.39 is 5.60 Å². The second-order valence-corrected chi connectivity index (χ2v) is 5.37. The average molecular weight is 267 g/mol. The van der Waals surface area contributed by atoms with Crippen molar-refractivity contribution >= 4 is 11.3 Å². The molecule has 18 heavy (non-hydrogen) atoms. The van der Waals surface area contributed by atoms with Crippen molar-refractivity contribution in [3.63, 3.8) is 0 Å². The first-order valence-corrected chi connectivity index (χ1v) is 6.69. The molecule has 6 heteroatoms. The maximum Gasteiger partial charge on any atom is 0.249 e. The van der Waals surface area contributed by atoms with Crippen LogP contribution < -0.4 is 5.73 Å². The van der Waals surface area contributed by atoms with E-state index in [9.17, 15) is 0 Å². The summed E-state index contributed by atoms with van der Waals surface area (Å²) in [6.45, 7) is 6.33. The molecule has 1 atom stereocenters. The van der Waals surface area contributed by atoms with Crippen molar-refractivity contribution in [2.24, 2.45) is 5.73 Å². The quantitative estimate of drug-likeness (QED) is 0.900. The number of hydrogen-bond acceptors (Lipinski definition) is 6. The second kappa shape index (κ2) is 5.17. The van der Waals surface area contributed by atoms with Crippen molar-refractivity contribution in [3.05, 3.63) is 34.1 Å². The molecule has 0 spiro atoms. The molecule has 1 unspecified atom stereocenters. The molecule has 5 nitrogen and oxygen atoms in total. The first kappa shape index (κ1) is 13.2. The van der Waals surface area contributed by atoms with Crippen LogP contribution >= 0.6 is 11.3 Å². The van der Waals surface area contributed by atoms with Gasteiger partial charge >= 0.3 is 0 Å². The van der Waals surface area contributed by atoms with Gasteiger partial charge < -0.3 is 15.0 Å². The van der Waals surface area contributed by atoms with Crippen molar-refractivity contribution in [3.8, 4) is 0 Å². The lowest BCUT2D eigenvalue weighted by molar-refractivity contribution is -0.0221. The van der Waals surface area contributed by atoms with Crippen LogP contribution in [0.3, 0.4) is 0 Å². The van der Waals surface area contributed by atoms with Crippen molar-refractivity contribution in [2.75, 3.05) is 6.61 Å². The zero-order valence-electron chi connectivity index (χ0n) is 10.7. The van der Waals surface area contributed by atoms with Crippen molar-refractivity contribution in [1.82, 2.24) is 10.1 Å². The summed E-state index contributed by atoms with van der Waals surface area (Å²) in [5.74, 6) is 0.937. The molecule has 2 N–H and O–H groups in total. The van der Waals surface area contributed by atoms with E-state index in [-0.39, 0.29) is 6.04 Å². The standard InChI is InChI=1S/C12H17N3O2S/c1-4-16-12(2,3)11-14-10(17-15-11)9(13)8-6-5-7-18-8/h5-7,9H,4,13H2,1-3H3. The summed E-state index contributed by atoms with van der Waals surface area (Å²) in [5, 5.41) is 5.92. The maximum absolute atomic E-state index is 6.06. The number of hydrogen-bond donors (Lipinski definition) is 1. The van der Waals surface area contributed by atoms with Gasteiger partial charge in [-0.15, -0.1) is 11.3 Å². The zero-order chi connectivity index (χ0) is 13.2. The van der Waals surface area contributed by atoms with Gasteiger partial charge in [0.1, 0.15) is 11.6 Å². The van der Waals surface area contributed by atoms with E-state index in [1.54, 1.807) is 11.3 Å². The number of ether oxygens (including phenoxy) is 1. The van der Waals surface area contributed by atoms with Gasteiger partial charge in [0, 0.05) is 11.5 Å². The van der Waals surface area contributed by atoms with Crippen LogP contribution in [0.5, 0.6) is 0 Å². The van der Waals surface area contributed by atoms with Gasteiger partial charge in [0.05, 0.1) is 0 Å². The number of nitrogens with zero attached hydrogens (tertiary/aromatic N) is 2. The molecule has 0 bridgehead atoms. The molecule has 0 aliphatic heterocycles. The molecule has 0 fully saturated rings. The first-order valence-electron chi connectivity index (χ1n) is 5.81. The summed E-state index contributed by atoms with van der Waals surface area (Å²) in [4.78, 5) is 5.33. The third kappa shape index (κ3) is 2.60. The van der Waals surface area contributed by atoms with E-state index in [2.05, 4.69) is 10.1 Å². The molecule has 0 aliphatic rings. The molecule has 0 radical (unpaired) electrons. The summed E-state index contributed by atoms with van der Waals surface area (Å²) < 4.78 is 10.8. The Morgan fingerprint density at radius 3 is 2.94 bits per heavy atom. The largest absolute Gasteiger partial charge is 0.368 e. The van der Waals surface area contributed by atoms with Crippen LogP contribution in [-0.4, -0.2) is 16.7 Å². The average Bonchev–Trinajstić information content (AvgIpc) is 3.00. The van der Waals surface area contributed by atoms with Crippen LogP contribution in [0.15, 0.2) is 22.0 Å². The molecule has 0 saturated carbocycles. The monoisotopic (exact) mass is 267 g/mol. The fourth-order valence-electron chi connectivity index (χ4n) is 1.62. The molecule has 2 aromatic rings. The minimum atomic E-state index is -0.564. The Balaban J connectivity index is 2.20. The lowest BCUT2D eigenvalue weighted by Crippen LogP contribution is -2.23. The van der Waals surface area contributed by atoms with Crippen molar-refractivity contribution in [1.29, 1.82) is 0 Å².